The predicted molar refractivity (Wildman–Crippen MR) is 51.4 cm³/mol. The zero-order chi connectivity index (χ0) is 11.5. The lowest BCUT2D eigenvalue weighted by Crippen LogP contribution is -2.45. The molecule has 1 aliphatic rings. The van der Waals surface area contributed by atoms with Gasteiger partial charge in [-0.15, -0.1) is 0 Å². The van der Waals surface area contributed by atoms with E-state index >= 15 is 0 Å². The Morgan fingerprint density at radius 1 is 1.33 bits per heavy atom. The lowest BCUT2D eigenvalue weighted by Gasteiger charge is -2.38. The Kier molecular flexibility index (Phi) is 4.00. The van der Waals surface area contributed by atoms with E-state index in [0.29, 0.717) is 18.8 Å². The number of halogens is 3. The van der Waals surface area contributed by atoms with Crippen molar-refractivity contribution in [2.75, 3.05) is 13.2 Å². The Morgan fingerprint density at radius 2 is 1.87 bits per heavy atom. The molecule has 2 N–H and O–H groups in total. The molecule has 5 heteroatoms. The minimum Gasteiger partial charge on any atom is -0.364 e. The lowest BCUT2D eigenvalue weighted by atomic mass is 9.79. The molecule has 0 atom stereocenters. The molecule has 0 bridgehead atoms. The van der Waals surface area contributed by atoms with Gasteiger partial charge in [-0.05, 0) is 31.6 Å². The van der Waals surface area contributed by atoms with Crippen LogP contribution in [0.3, 0.4) is 0 Å². The smallest absolute Gasteiger partial charge is 0.364 e. The van der Waals surface area contributed by atoms with Gasteiger partial charge in [-0.2, -0.15) is 13.2 Å². The van der Waals surface area contributed by atoms with Crippen LogP contribution in [0.1, 0.15) is 32.6 Å². The first kappa shape index (κ1) is 12.8. The number of hydrogen-bond acceptors (Lipinski definition) is 2. The van der Waals surface area contributed by atoms with E-state index in [9.17, 15) is 13.2 Å². The summed E-state index contributed by atoms with van der Waals surface area (Å²) in [7, 11) is 0. The molecule has 1 rings (SSSR count). The SMILES string of the molecule is CC1CCC(CN)(OCC(F)(F)F)CC1. The van der Waals surface area contributed by atoms with E-state index in [-0.39, 0.29) is 6.54 Å². The highest BCUT2D eigenvalue weighted by Gasteiger charge is 2.38. The van der Waals surface area contributed by atoms with E-state index in [1.54, 1.807) is 0 Å². The van der Waals surface area contributed by atoms with Crippen molar-refractivity contribution < 1.29 is 17.9 Å². The number of ether oxygens (including phenoxy) is 1. The van der Waals surface area contributed by atoms with Crippen molar-refractivity contribution in [1.82, 2.24) is 0 Å². The molecule has 1 fully saturated rings. The summed E-state index contributed by atoms with van der Waals surface area (Å²) in [4.78, 5) is 0. The van der Waals surface area contributed by atoms with Crippen LogP contribution in [0.25, 0.3) is 0 Å². The van der Waals surface area contributed by atoms with Crippen LogP contribution in [0.5, 0.6) is 0 Å². The first-order valence-corrected chi connectivity index (χ1v) is 5.28. The van der Waals surface area contributed by atoms with Crippen molar-refractivity contribution >= 4 is 0 Å². The fraction of sp³-hybridized carbons (Fsp3) is 1.00. The number of hydrogen-bond donors (Lipinski definition) is 1. The van der Waals surface area contributed by atoms with Crippen LogP contribution in [-0.4, -0.2) is 24.9 Å². The summed E-state index contributed by atoms with van der Waals surface area (Å²) in [5, 5.41) is 0. The van der Waals surface area contributed by atoms with Crippen LogP contribution < -0.4 is 5.73 Å². The average Bonchev–Trinajstić information content (AvgIpc) is 2.17. The Bertz CT molecular complexity index is 197. The summed E-state index contributed by atoms with van der Waals surface area (Å²) in [6, 6.07) is 0. The lowest BCUT2D eigenvalue weighted by molar-refractivity contribution is -0.210. The Labute approximate surface area is 88.0 Å². The molecule has 1 aliphatic carbocycles. The maximum Gasteiger partial charge on any atom is 0.411 e. The van der Waals surface area contributed by atoms with E-state index in [4.69, 9.17) is 10.5 Å². The van der Waals surface area contributed by atoms with Gasteiger partial charge in [-0.3, -0.25) is 0 Å². The number of alkyl halides is 3. The van der Waals surface area contributed by atoms with Crippen LogP contribution in [0.2, 0.25) is 0 Å². The Hall–Kier alpha value is -0.290. The second-order valence-corrected chi connectivity index (χ2v) is 4.47. The van der Waals surface area contributed by atoms with Gasteiger partial charge in [0.25, 0.3) is 0 Å². The van der Waals surface area contributed by atoms with Crippen LogP contribution in [-0.2, 0) is 4.74 Å². The predicted octanol–water partition coefficient (Wildman–Crippen LogP) is 2.47. The summed E-state index contributed by atoms with van der Waals surface area (Å²) in [5.41, 5.74) is 4.79. The highest BCUT2D eigenvalue weighted by molar-refractivity contribution is 4.87. The zero-order valence-electron chi connectivity index (χ0n) is 8.94. The van der Waals surface area contributed by atoms with E-state index in [1.165, 1.54) is 0 Å². The molecule has 0 aromatic rings. The highest BCUT2D eigenvalue weighted by atomic mass is 19.4. The third kappa shape index (κ3) is 3.99. The molecule has 90 valence electrons. The Balaban J connectivity index is 2.47. The molecule has 0 saturated heterocycles. The van der Waals surface area contributed by atoms with Crippen molar-refractivity contribution in [3.63, 3.8) is 0 Å². The highest BCUT2D eigenvalue weighted by Crippen LogP contribution is 2.35. The van der Waals surface area contributed by atoms with Crippen molar-refractivity contribution in [3.8, 4) is 0 Å². The molecule has 0 aliphatic heterocycles. The van der Waals surface area contributed by atoms with Gasteiger partial charge in [-0.1, -0.05) is 6.92 Å². The Morgan fingerprint density at radius 3 is 2.27 bits per heavy atom. The van der Waals surface area contributed by atoms with E-state index in [1.807, 2.05) is 0 Å². The van der Waals surface area contributed by atoms with Crippen molar-refractivity contribution in [1.29, 1.82) is 0 Å². The molecule has 0 radical (unpaired) electrons. The molecule has 0 amide bonds. The van der Waals surface area contributed by atoms with Crippen LogP contribution >= 0.6 is 0 Å². The van der Waals surface area contributed by atoms with Gasteiger partial charge in [-0.25, -0.2) is 0 Å². The van der Waals surface area contributed by atoms with E-state index in [0.717, 1.165) is 12.8 Å². The monoisotopic (exact) mass is 225 g/mol. The van der Waals surface area contributed by atoms with Crippen molar-refractivity contribution in [2.24, 2.45) is 11.7 Å². The third-order valence-corrected chi connectivity index (χ3v) is 3.10. The summed E-state index contributed by atoms with van der Waals surface area (Å²) in [5.74, 6) is 0.569. The van der Waals surface area contributed by atoms with Crippen molar-refractivity contribution in [2.45, 2.75) is 44.4 Å². The van der Waals surface area contributed by atoms with Gasteiger partial charge in [0.2, 0.25) is 0 Å². The second-order valence-electron chi connectivity index (χ2n) is 4.47. The quantitative estimate of drug-likeness (QED) is 0.800. The molecule has 2 nitrogen and oxygen atoms in total. The van der Waals surface area contributed by atoms with Crippen LogP contribution in [0, 0.1) is 5.92 Å². The molecule has 0 spiro atoms. The average molecular weight is 225 g/mol. The maximum absolute atomic E-state index is 12.0. The van der Waals surface area contributed by atoms with Gasteiger partial charge < -0.3 is 10.5 Å². The molecular formula is C10H18F3NO. The maximum atomic E-state index is 12.0. The molecular weight excluding hydrogens is 207 g/mol. The standard InChI is InChI=1S/C10H18F3NO/c1-8-2-4-9(6-14,5-3-8)15-7-10(11,12)13/h8H,2-7,14H2,1H3. The molecule has 15 heavy (non-hydrogen) atoms. The number of nitrogens with two attached hydrogens (primary N) is 1. The third-order valence-electron chi connectivity index (χ3n) is 3.10. The van der Waals surface area contributed by atoms with Crippen LogP contribution in [0.15, 0.2) is 0 Å². The van der Waals surface area contributed by atoms with Gasteiger partial charge in [0.05, 0.1) is 5.60 Å². The summed E-state index contributed by atoms with van der Waals surface area (Å²) in [6.45, 7) is 1.10. The normalized spacial score (nSPS) is 33.0. The van der Waals surface area contributed by atoms with Crippen molar-refractivity contribution in [3.05, 3.63) is 0 Å². The topological polar surface area (TPSA) is 35.2 Å². The molecule has 0 aromatic carbocycles. The molecule has 0 unspecified atom stereocenters. The fourth-order valence-electron chi connectivity index (χ4n) is 1.93. The number of rotatable bonds is 3. The summed E-state index contributed by atoms with van der Waals surface area (Å²) in [6.07, 6.45) is -1.18. The first-order chi connectivity index (χ1) is 6.87. The summed E-state index contributed by atoms with van der Waals surface area (Å²) >= 11 is 0. The molecule has 0 aromatic heterocycles. The fourth-order valence-corrected chi connectivity index (χ4v) is 1.93. The molecule has 1 saturated carbocycles. The first-order valence-electron chi connectivity index (χ1n) is 5.28. The minimum atomic E-state index is -4.26. The van der Waals surface area contributed by atoms with Gasteiger partial charge in [0.15, 0.2) is 0 Å². The largest absolute Gasteiger partial charge is 0.411 e. The van der Waals surface area contributed by atoms with Gasteiger partial charge in [0.1, 0.15) is 6.61 Å². The minimum absolute atomic E-state index is 0.176. The van der Waals surface area contributed by atoms with E-state index < -0.39 is 18.4 Å². The zero-order valence-corrected chi connectivity index (χ0v) is 8.94. The second kappa shape index (κ2) is 4.70. The van der Waals surface area contributed by atoms with E-state index in [2.05, 4.69) is 6.92 Å². The summed E-state index contributed by atoms with van der Waals surface area (Å²) < 4.78 is 41.1. The van der Waals surface area contributed by atoms with Gasteiger partial charge >= 0.3 is 6.18 Å². The van der Waals surface area contributed by atoms with Crippen LogP contribution in [0.4, 0.5) is 13.2 Å². The van der Waals surface area contributed by atoms with Gasteiger partial charge in [0, 0.05) is 6.54 Å². The molecule has 0 heterocycles.